The van der Waals surface area contributed by atoms with Crippen LogP contribution in [-0.4, -0.2) is 28.2 Å². The molecule has 0 bridgehead atoms. The van der Waals surface area contributed by atoms with E-state index in [2.05, 4.69) is 5.32 Å². The largest absolute Gasteiger partial charge is 0.471 e. The highest BCUT2D eigenvalue weighted by Gasteiger charge is 2.67. The van der Waals surface area contributed by atoms with Gasteiger partial charge in [-0.3, -0.25) is 14.4 Å². The zero-order chi connectivity index (χ0) is 31.3. The van der Waals surface area contributed by atoms with Gasteiger partial charge >= 0.3 is 12.1 Å². The van der Waals surface area contributed by atoms with Crippen LogP contribution < -0.4 is 16.0 Å². The average Bonchev–Trinajstić information content (AvgIpc) is 3.48. The number of carbonyl (C=O) groups is 3. The van der Waals surface area contributed by atoms with Crippen LogP contribution in [0.5, 0.6) is 0 Å². The molecule has 0 radical (unpaired) electrons. The predicted molar refractivity (Wildman–Crippen MR) is 141 cm³/mol. The van der Waals surface area contributed by atoms with Crippen molar-refractivity contribution in [1.29, 1.82) is 0 Å². The Morgan fingerprint density at radius 2 is 1.45 bits per heavy atom. The van der Waals surface area contributed by atoms with Crippen molar-refractivity contribution in [2.45, 2.75) is 16.4 Å². The summed E-state index contributed by atoms with van der Waals surface area (Å²) >= 11 is 24.1. The Labute approximate surface area is 251 Å². The predicted octanol–water partition coefficient (Wildman–Crippen LogP) is 7.83. The zero-order valence-electron chi connectivity index (χ0n) is 20.1. The van der Waals surface area contributed by atoms with E-state index in [1.165, 1.54) is 12.1 Å². The number of nitrogens with one attached hydrogen (secondary N) is 3. The summed E-state index contributed by atoms with van der Waals surface area (Å²) in [6.07, 6.45) is -5.48. The fraction of sp³-hybridized carbons (Fsp3) is 0.160. The van der Waals surface area contributed by atoms with Gasteiger partial charge in [-0.15, -0.1) is 23.2 Å². The van der Waals surface area contributed by atoms with Crippen molar-refractivity contribution < 1.29 is 45.1 Å². The van der Waals surface area contributed by atoms with Gasteiger partial charge in [0.15, 0.2) is 5.82 Å². The fourth-order valence-electron chi connectivity index (χ4n) is 3.96. The van der Waals surface area contributed by atoms with E-state index >= 15 is 0 Å². The van der Waals surface area contributed by atoms with Gasteiger partial charge in [0, 0.05) is 11.6 Å². The number of carbonyl (C=O) groups excluding carboxylic acids is 3. The van der Waals surface area contributed by atoms with Gasteiger partial charge in [-0.25, -0.2) is 17.6 Å². The molecule has 17 heteroatoms. The van der Waals surface area contributed by atoms with Gasteiger partial charge in [0.25, 0.3) is 5.91 Å². The van der Waals surface area contributed by atoms with Crippen LogP contribution in [0, 0.1) is 29.2 Å². The van der Waals surface area contributed by atoms with Crippen LogP contribution in [0.15, 0.2) is 42.5 Å². The van der Waals surface area contributed by atoms with Crippen molar-refractivity contribution in [3.05, 3.63) is 86.9 Å². The van der Waals surface area contributed by atoms with Crippen molar-refractivity contribution in [3.8, 4) is 0 Å². The molecule has 0 heterocycles. The number of rotatable bonds is 6. The molecule has 4 rings (SSSR count). The lowest BCUT2D eigenvalue weighted by molar-refractivity contribution is -0.167. The van der Waals surface area contributed by atoms with Crippen LogP contribution in [-0.2, 0) is 9.59 Å². The molecule has 3 N–H and O–H groups in total. The summed E-state index contributed by atoms with van der Waals surface area (Å²) < 4.78 is 92.7. The molecule has 0 unspecified atom stereocenters. The third-order valence-electron chi connectivity index (χ3n) is 6.01. The molecule has 3 amide bonds. The molecule has 0 aromatic heterocycles. The number of halogens is 11. The summed E-state index contributed by atoms with van der Waals surface area (Å²) in [6.45, 7) is 0. The molecule has 0 saturated heterocycles. The number of amides is 3. The molecule has 42 heavy (non-hydrogen) atoms. The second kappa shape index (κ2) is 11.4. The Kier molecular flexibility index (Phi) is 8.62. The lowest BCUT2D eigenvalue weighted by Gasteiger charge is -2.14. The SMILES string of the molecule is O=C(Nc1ccc(F)c(NC(=O)C(F)(F)F)c1F)c1cc(NC(=O)[C@H]2[C@H](c3ccc(F)c(Cl)c3)C2(Cl)Cl)cc(F)c1Cl. The maximum Gasteiger partial charge on any atom is 0.471 e. The standard InChI is InChI=1S/C25H12Cl4F7N3O3/c26-11-5-8(1-2-12(11)30)16-17(24(16,28)29)22(41)37-9-6-10(18(27)14(32)7-9)21(40)38-15-4-3-13(31)20(19(15)33)39-23(42)25(34,35)36/h1-7,16-17H,(H,37,41)(H,38,40)(H,39,42)/t16-,17+/m0/s1. The molecule has 0 aliphatic heterocycles. The van der Waals surface area contributed by atoms with E-state index in [1.807, 2.05) is 5.32 Å². The van der Waals surface area contributed by atoms with Crippen LogP contribution in [0.3, 0.4) is 0 Å². The molecule has 1 fully saturated rings. The van der Waals surface area contributed by atoms with Crippen LogP contribution in [0.4, 0.5) is 47.8 Å². The lowest BCUT2D eigenvalue weighted by atomic mass is 10.1. The monoisotopic (exact) mass is 675 g/mol. The van der Waals surface area contributed by atoms with Crippen molar-refractivity contribution in [2.24, 2.45) is 5.92 Å². The van der Waals surface area contributed by atoms with Crippen LogP contribution in [0.1, 0.15) is 21.8 Å². The Balaban J connectivity index is 1.56. The summed E-state index contributed by atoms with van der Waals surface area (Å²) in [5, 5.41) is 4.16. The van der Waals surface area contributed by atoms with Gasteiger partial charge in [0.1, 0.15) is 27.5 Å². The first-order valence-corrected chi connectivity index (χ1v) is 12.7. The van der Waals surface area contributed by atoms with E-state index in [4.69, 9.17) is 46.4 Å². The molecule has 1 aliphatic rings. The van der Waals surface area contributed by atoms with Crippen LogP contribution in [0.2, 0.25) is 10.0 Å². The smallest absolute Gasteiger partial charge is 0.326 e. The first-order chi connectivity index (χ1) is 19.4. The second-order valence-electron chi connectivity index (χ2n) is 8.80. The van der Waals surface area contributed by atoms with Gasteiger partial charge in [-0.05, 0) is 42.0 Å². The molecule has 3 aromatic carbocycles. The maximum atomic E-state index is 14.7. The normalized spacial score (nSPS) is 17.4. The maximum absolute atomic E-state index is 14.7. The Morgan fingerprint density at radius 3 is 2.07 bits per heavy atom. The number of hydrogen-bond donors (Lipinski definition) is 3. The number of benzene rings is 3. The molecule has 3 aromatic rings. The second-order valence-corrected chi connectivity index (χ2v) is 11.0. The Hall–Kier alpha value is -3.26. The number of alkyl halides is 5. The summed E-state index contributed by atoms with van der Waals surface area (Å²) in [6, 6.07) is 6.28. The van der Waals surface area contributed by atoms with Crippen LogP contribution in [0.25, 0.3) is 0 Å². The molecule has 222 valence electrons. The quantitative estimate of drug-likeness (QED) is 0.184. The molecule has 0 spiro atoms. The van der Waals surface area contributed by atoms with Gasteiger partial charge in [-0.1, -0.05) is 29.3 Å². The van der Waals surface area contributed by atoms with E-state index < -0.39 is 85.3 Å². The molecular formula is C25H12Cl4F7N3O3. The molecule has 2 atom stereocenters. The zero-order valence-corrected chi connectivity index (χ0v) is 23.1. The Bertz CT molecular complexity index is 1640. The summed E-state index contributed by atoms with van der Waals surface area (Å²) in [5.41, 5.74) is -3.10. The minimum Gasteiger partial charge on any atom is -0.326 e. The number of hydrogen-bond acceptors (Lipinski definition) is 3. The van der Waals surface area contributed by atoms with E-state index in [0.717, 1.165) is 23.5 Å². The van der Waals surface area contributed by atoms with Crippen molar-refractivity contribution in [2.75, 3.05) is 16.0 Å². The highest BCUT2D eigenvalue weighted by Crippen LogP contribution is 2.65. The first-order valence-electron chi connectivity index (χ1n) is 11.2. The average molecular weight is 677 g/mol. The van der Waals surface area contributed by atoms with E-state index in [1.54, 1.807) is 0 Å². The van der Waals surface area contributed by atoms with Gasteiger partial charge in [0.2, 0.25) is 5.91 Å². The third-order valence-corrected chi connectivity index (χ3v) is 7.63. The Morgan fingerprint density at radius 1 is 0.810 bits per heavy atom. The summed E-state index contributed by atoms with van der Waals surface area (Å²) in [4.78, 5) is 36.9. The van der Waals surface area contributed by atoms with E-state index in [9.17, 15) is 45.1 Å². The minimum absolute atomic E-state index is 0.245. The van der Waals surface area contributed by atoms with Crippen molar-refractivity contribution in [1.82, 2.24) is 0 Å². The molecular weight excluding hydrogens is 665 g/mol. The van der Waals surface area contributed by atoms with Crippen molar-refractivity contribution >= 4 is 81.2 Å². The molecule has 1 saturated carbocycles. The lowest BCUT2D eigenvalue weighted by Crippen LogP contribution is -2.31. The minimum atomic E-state index is -5.48. The van der Waals surface area contributed by atoms with Crippen LogP contribution >= 0.6 is 46.4 Å². The van der Waals surface area contributed by atoms with Gasteiger partial charge in [0.05, 0.1) is 27.2 Å². The highest BCUT2D eigenvalue weighted by atomic mass is 35.5. The molecule has 1 aliphatic carbocycles. The highest BCUT2D eigenvalue weighted by molar-refractivity contribution is 6.53. The van der Waals surface area contributed by atoms with E-state index in [-0.39, 0.29) is 10.7 Å². The summed E-state index contributed by atoms with van der Waals surface area (Å²) in [5.74, 6) is -12.1. The third kappa shape index (κ3) is 6.24. The number of anilines is 3. The van der Waals surface area contributed by atoms with Crippen molar-refractivity contribution in [3.63, 3.8) is 0 Å². The molecule has 6 nitrogen and oxygen atoms in total. The topological polar surface area (TPSA) is 87.3 Å². The summed E-state index contributed by atoms with van der Waals surface area (Å²) in [7, 11) is 0. The fourth-order valence-corrected chi connectivity index (χ4v) is 5.17. The van der Waals surface area contributed by atoms with Gasteiger partial charge < -0.3 is 16.0 Å². The van der Waals surface area contributed by atoms with E-state index in [0.29, 0.717) is 17.7 Å². The van der Waals surface area contributed by atoms with Gasteiger partial charge in [-0.2, -0.15) is 13.2 Å². The first kappa shape index (κ1) is 31.7.